The zero-order valence-corrected chi connectivity index (χ0v) is 19.8. The van der Waals surface area contributed by atoms with E-state index < -0.39 is 0 Å². The Labute approximate surface area is 196 Å². The summed E-state index contributed by atoms with van der Waals surface area (Å²) in [5.41, 5.74) is 4.58. The number of benzene rings is 3. The number of carbonyl (C=O) groups is 2. The lowest BCUT2D eigenvalue weighted by Crippen LogP contribution is -2.39. The average molecular weight is 444 g/mol. The predicted octanol–water partition coefficient (Wildman–Crippen LogP) is 6.23. The molecule has 3 amide bonds. The van der Waals surface area contributed by atoms with Crippen LogP contribution in [0.1, 0.15) is 72.6 Å². The van der Waals surface area contributed by atoms with Crippen molar-refractivity contribution in [2.24, 2.45) is 0 Å². The minimum absolute atomic E-state index is 0.182. The molecule has 5 nitrogen and oxygen atoms in total. The van der Waals surface area contributed by atoms with Crippen LogP contribution in [-0.2, 0) is 0 Å². The van der Waals surface area contributed by atoms with Gasteiger partial charge in [0.1, 0.15) is 0 Å². The number of rotatable bonds is 8. The molecule has 0 unspecified atom stereocenters. The number of urea groups is 1. The maximum absolute atomic E-state index is 12.9. The third kappa shape index (κ3) is 6.45. The molecule has 0 aromatic heterocycles. The topological polar surface area (TPSA) is 70.2 Å². The van der Waals surface area contributed by atoms with Gasteiger partial charge in [0.2, 0.25) is 0 Å². The van der Waals surface area contributed by atoms with E-state index in [1.807, 2.05) is 54.6 Å². The fourth-order valence-electron chi connectivity index (χ4n) is 3.82. The van der Waals surface area contributed by atoms with E-state index in [-0.39, 0.29) is 36.4 Å². The van der Waals surface area contributed by atoms with Crippen LogP contribution < -0.4 is 16.0 Å². The molecule has 0 heterocycles. The first-order valence-electron chi connectivity index (χ1n) is 11.4. The third-order valence-corrected chi connectivity index (χ3v) is 5.62. The van der Waals surface area contributed by atoms with Crippen molar-refractivity contribution in [3.8, 4) is 0 Å². The van der Waals surface area contributed by atoms with Gasteiger partial charge < -0.3 is 16.0 Å². The van der Waals surface area contributed by atoms with E-state index in [0.717, 1.165) is 22.4 Å². The van der Waals surface area contributed by atoms with Gasteiger partial charge in [-0.05, 0) is 40.7 Å². The molecule has 3 rings (SSSR count). The highest BCUT2D eigenvalue weighted by molar-refractivity contribution is 5.94. The largest absolute Gasteiger partial charge is 0.343 e. The summed E-state index contributed by atoms with van der Waals surface area (Å²) >= 11 is 0. The molecule has 3 aromatic rings. The number of anilines is 1. The summed E-state index contributed by atoms with van der Waals surface area (Å²) in [5.74, 6) is 0.376. The molecule has 0 aliphatic heterocycles. The van der Waals surface area contributed by atoms with Gasteiger partial charge >= 0.3 is 6.03 Å². The lowest BCUT2D eigenvalue weighted by Gasteiger charge is -2.22. The highest BCUT2D eigenvalue weighted by Gasteiger charge is 2.19. The van der Waals surface area contributed by atoms with Crippen LogP contribution in [0.15, 0.2) is 78.9 Å². The monoisotopic (exact) mass is 443 g/mol. The Bertz CT molecular complexity index is 1040. The molecule has 0 aliphatic carbocycles. The fourth-order valence-corrected chi connectivity index (χ4v) is 3.82. The second-order valence-electron chi connectivity index (χ2n) is 8.76. The zero-order chi connectivity index (χ0) is 23.8. The number of hydrogen-bond donors (Lipinski definition) is 3. The Morgan fingerprint density at radius 3 is 1.82 bits per heavy atom. The first kappa shape index (κ1) is 24.1. The molecule has 0 saturated heterocycles. The van der Waals surface area contributed by atoms with E-state index in [2.05, 4.69) is 55.8 Å². The maximum atomic E-state index is 12.9. The second kappa shape index (κ2) is 11.3. The summed E-state index contributed by atoms with van der Waals surface area (Å²) in [7, 11) is 0. The third-order valence-electron chi connectivity index (χ3n) is 5.62. The quantitative estimate of drug-likeness (QED) is 0.386. The summed E-state index contributed by atoms with van der Waals surface area (Å²) in [6.07, 6.45) is 0. The number of amides is 3. The SMILES string of the molecule is CC(C)c1cccc(C(C)C)c1NC(=O)NC[C@@H](NC(=O)c1ccccc1)c1ccccc1. The van der Waals surface area contributed by atoms with Crippen molar-refractivity contribution in [2.45, 2.75) is 45.6 Å². The Hall–Kier alpha value is -3.60. The normalized spacial score (nSPS) is 11.8. The van der Waals surface area contributed by atoms with Gasteiger partial charge in [-0.15, -0.1) is 0 Å². The second-order valence-corrected chi connectivity index (χ2v) is 8.76. The van der Waals surface area contributed by atoms with Crippen LogP contribution in [0.3, 0.4) is 0 Å². The summed E-state index contributed by atoms with van der Waals surface area (Å²) in [6.45, 7) is 8.73. The van der Waals surface area contributed by atoms with E-state index >= 15 is 0 Å². The highest BCUT2D eigenvalue weighted by Crippen LogP contribution is 2.32. The van der Waals surface area contributed by atoms with E-state index in [9.17, 15) is 9.59 Å². The van der Waals surface area contributed by atoms with Crippen LogP contribution in [0.2, 0.25) is 0 Å². The minimum Gasteiger partial charge on any atom is -0.343 e. The zero-order valence-electron chi connectivity index (χ0n) is 19.8. The molecule has 5 heteroatoms. The summed E-state index contributed by atoms with van der Waals surface area (Å²) in [6, 6.07) is 24.2. The number of nitrogens with one attached hydrogen (secondary N) is 3. The highest BCUT2D eigenvalue weighted by atomic mass is 16.2. The van der Waals surface area contributed by atoms with Gasteiger partial charge in [-0.2, -0.15) is 0 Å². The van der Waals surface area contributed by atoms with Gasteiger partial charge in [-0.3, -0.25) is 4.79 Å². The van der Waals surface area contributed by atoms with Crippen molar-refractivity contribution in [2.75, 3.05) is 11.9 Å². The molecule has 3 N–H and O–H groups in total. The fraction of sp³-hybridized carbons (Fsp3) is 0.286. The van der Waals surface area contributed by atoms with E-state index in [0.29, 0.717) is 5.56 Å². The van der Waals surface area contributed by atoms with Crippen LogP contribution in [0.25, 0.3) is 0 Å². The first-order chi connectivity index (χ1) is 15.9. The van der Waals surface area contributed by atoms with Crippen molar-refractivity contribution in [1.82, 2.24) is 10.6 Å². The van der Waals surface area contributed by atoms with Crippen molar-refractivity contribution < 1.29 is 9.59 Å². The molecular formula is C28H33N3O2. The molecule has 172 valence electrons. The van der Waals surface area contributed by atoms with E-state index in [1.54, 1.807) is 12.1 Å². The Morgan fingerprint density at radius 1 is 0.727 bits per heavy atom. The van der Waals surface area contributed by atoms with Crippen LogP contribution in [-0.4, -0.2) is 18.5 Å². The van der Waals surface area contributed by atoms with Crippen molar-refractivity contribution in [1.29, 1.82) is 0 Å². The molecule has 0 aliphatic rings. The first-order valence-corrected chi connectivity index (χ1v) is 11.4. The molecule has 0 fully saturated rings. The molecule has 0 saturated carbocycles. The van der Waals surface area contributed by atoms with Crippen LogP contribution in [0.4, 0.5) is 10.5 Å². The standard InChI is InChI=1S/C28H33N3O2/c1-19(2)23-16-11-17-24(20(3)4)26(23)31-28(33)29-18-25(21-12-7-5-8-13-21)30-27(32)22-14-9-6-10-15-22/h5-17,19-20,25H,18H2,1-4H3,(H,30,32)(H2,29,31,33)/t25-/m1/s1. The average Bonchev–Trinajstić information content (AvgIpc) is 2.82. The number of carbonyl (C=O) groups excluding carboxylic acids is 2. The van der Waals surface area contributed by atoms with Gasteiger partial charge in [0, 0.05) is 17.8 Å². The molecule has 0 spiro atoms. The molecule has 0 bridgehead atoms. The molecule has 33 heavy (non-hydrogen) atoms. The summed E-state index contributed by atoms with van der Waals surface area (Å²) < 4.78 is 0. The summed E-state index contributed by atoms with van der Waals surface area (Å²) in [4.78, 5) is 25.7. The smallest absolute Gasteiger partial charge is 0.319 e. The summed E-state index contributed by atoms with van der Waals surface area (Å²) in [5, 5.41) is 9.07. The number of para-hydroxylation sites is 1. The van der Waals surface area contributed by atoms with Crippen LogP contribution >= 0.6 is 0 Å². The molecular weight excluding hydrogens is 410 g/mol. The molecule has 3 aromatic carbocycles. The lowest BCUT2D eigenvalue weighted by molar-refractivity contribution is 0.0936. The van der Waals surface area contributed by atoms with Gasteiger partial charge in [0.25, 0.3) is 5.91 Å². The Balaban J connectivity index is 1.75. The Morgan fingerprint density at radius 2 is 1.27 bits per heavy atom. The van der Waals surface area contributed by atoms with Crippen molar-refractivity contribution in [3.63, 3.8) is 0 Å². The van der Waals surface area contributed by atoms with E-state index in [1.165, 1.54) is 0 Å². The molecule has 0 radical (unpaired) electrons. The van der Waals surface area contributed by atoms with Gasteiger partial charge in [-0.1, -0.05) is 94.4 Å². The van der Waals surface area contributed by atoms with E-state index in [4.69, 9.17) is 0 Å². The van der Waals surface area contributed by atoms with Crippen molar-refractivity contribution in [3.05, 3.63) is 101 Å². The Kier molecular flexibility index (Phi) is 8.25. The van der Waals surface area contributed by atoms with Crippen LogP contribution in [0, 0.1) is 0 Å². The maximum Gasteiger partial charge on any atom is 0.319 e. The number of hydrogen-bond acceptors (Lipinski definition) is 2. The van der Waals surface area contributed by atoms with Crippen molar-refractivity contribution >= 4 is 17.6 Å². The van der Waals surface area contributed by atoms with Gasteiger partial charge in [-0.25, -0.2) is 4.79 Å². The predicted molar refractivity (Wildman–Crippen MR) is 135 cm³/mol. The van der Waals surface area contributed by atoms with Gasteiger partial charge in [0.05, 0.1) is 6.04 Å². The van der Waals surface area contributed by atoms with Gasteiger partial charge in [0.15, 0.2) is 0 Å². The molecule has 1 atom stereocenters. The lowest BCUT2D eigenvalue weighted by atomic mass is 9.93. The minimum atomic E-state index is -0.366. The van der Waals surface area contributed by atoms with Crippen LogP contribution in [0.5, 0.6) is 0 Å².